The number of carboxylic acid groups (broad SMARTS) is 2. The number of hydrogen-bond donors (Lipinski definition) is 2. The van der Waals surface area contributed by atoms with Gasteiger partial charge in [0.05, 0.1) is 34.7 Å². The van der Waals surface area contributed by atoms with Crippen LogP contribution in [0.3, 0.4) is 0 Å². The van der Waals surface area contributed by atoms with Crippen LogP contribution in [0.15, 0.2) is 121 Å². The number of fused-ring (bicyclic) bond motifs is 10. The van der Waals surface area contributed by atoms with E-state index in [0.717, 1.165) is 88.8 Å². The Balaban J connectivity index is 1.39. The number of carbonyl (C=O) groups is 2. The molecule has 8 bridgehead atoms. The molecule has 6 aromatic carbocycles. The Kier molecular flexibility index (Phi) is 9.93. The van der Waals surface area contributed by atoms with E-state index in [1.165, 1.54) is 0 Å². The van der Waals surface area contributed by atoms with Crippen LogP contribution in [0.25, 0.3) is 112 Å². The van der Waals surface area contributed by atoms with E-state index in [9.17, 15) is 19.8 Å². The fourth-order valence-electron chi connectivity index (χ4n) is 10.9. The van der Waals surface area contributed by atoms with Crippen molar-refractivity contribution >= 4 is 79.9 Å². The topological polar surface area (TPSA) is 138 Å². The number of nitrogens with one attached hydrogen (secondary N) is 2. The molecule has 9 aromatic rings. The van der Waals surface area contributed by atoms with Crippen LogP contribution >= 0.6 is 0 Å². The van der Waals surface area contributed by atoms with Crippen LogP contribution in [0.4, 0.5) is 0 Å². The molecule has 0 amide bonds. The summed E-state index contributed by atoms with van der Waals surface area (Å²) in [6, 6.07) is 38.8. The van der Waals surface area contributed by atoms with Crippen molar-refractivity contribution in [2.45, 2.75) is 41.5 Å². The molecule has 8 heteroatoms. The van der Waals surface area contributed by atoms with Crippen molar-refractivity contribution in [2.24, 2.45) is 0 Å². The molecule has 0 atom stereocenters. The standard InChI is InChI=1S/C60H46N4O4/c1-31-27-33(3)51(34(4)28-31)57-47-23-21-45(62-47)55(39-15-7-11-37-13-9-17-41(53(37)39)59(65)66)43-19-20-44(61-43)56(40-16-8-12-38-14-10-18-42(54(38)40)60(67)68)46-22-24-48(63-46)58(50-26-25-49(57)64-50)52-35(5)29-32(2)30-36(52)6/h7-30,62-63H,1-6H3,(H,65,66)(H,67,68)/p-2. The van der Waals surface area contributed by atoms with E-state index >= 15 is 0 Å². The molecule has 0 saturated heterocycles. The maximum absolute atomic E-state index is 12.9. The monoisotopic (exact) mass is 884 g/mol. The highest BCUT2D eigenvalue weighted by molar-refractivity contribution is 6.14. The number of H-pyrrole nitrogens is 2. The average molecular weight is 885 g/mol. The minimum Gasteiger partial charge on any atom is -0.545 e. The second kappa shape index (κ2) is 16.1. The van der Waals surface area contributed by atoms with E-state index in [1.54, 1.807) is 24.3 Å². The van der Waals surface area contributed by atoms with Gasteiger partial charge in [-0.1, -0.05) is 108 Å². The number of benzene rings is 6. The van der Waals surface area contributed by atoms with Crippen LogP contribution in [-0.4, -0.2) is 31.9 Å². The molecule has 0 saturated carbocycles. The van der Waals surface area contributed by atoms with E-state index in [4.69, 9.17) is 9.97 Å². The number of carboxylic acids is 2. The number of aromatic amines is 2. The van der Waals surface area contributed by atoms with E-state index < -0.39 is 11.9 Å². The largest absolute Gasteiger partial charge is 0.545 e. The summed E-state index contributed by atoms with van der Waals surface area (Å²) < 4.78 is 0. The van der Waals surface area contributed by atoms with Gasteiger partial charge in [-0.3, -0.25) is 0 Å². The predicted octanol–water partition coefficient (Wildman–Crippen LogP) is 12.2. The second-order valence-electron chi connectivity index (χ2n) is 18.0. The first-order valence-electron chi connectivity index (χ1n) is 22.6. The van der Waals surface area contributed by atoms with Crippen LogP contribution in [0.5, 0.6) is 0 Å². The van der Waals surface area contributed by atoms with Crippen LogP contribution in [0.1, 0.15) is 76.9 Å². The normalized spacial score (nSPS) is 12.1. The van der Waals surface area contributed by atoms with Gasteiger partial charge in [-0.05, 0) is 156 Å². The summed E-state index contributed by atoms with van der Waals surface area (Å²) in [6.45, 7) is 12.8. The van der Waals surface area contributed by atoms with Crippen molar-refractivity contribution in [3.8, 4) is 44.5 Å². The summed E-state index contributed by atoms with van der Waals surface area (Å²) >= 11 is 0. The first-order valence-corrected chi connectivity index (χ1v) is 22.6. The first-order chi connectivity index (χ1) is 32.8. The van der Waals surface area contributed by atoms with Crippen LogP contribution < -0.4 is 10.2 Å². The molecule has 5 heterocycles. The average Bonchev–Trinajstić information content (AvgIpc) is 4.15. The van der Waals surface area contributed by atoms with Gasteiger partial charge in [0, 0.05) is 55.4 Å². The minimum absolute atomic E-state index is 0.0609. The summed E-state index contributed by atoms with van der Waals surface area (Å²) in [4.78, 5) is 44.4. The third-order valence-electron chi connectivity index (χ3n) is 13.4. The first kappa shape index (κ1) is 42.0. The smallest absolute Gasteiger partial charge is 0.0737 e. The van der Waals surface area contributed by atoms with Gasteiger partial charge >= 0.3 is 0 Å². The van der Waals surface area contributed by atoms with Crippen LogP contribution in [0, 0.1) is 41.5 Å². The molecule has 0 unspecified atom stereocenters. The molecule has 3 aromatic heterocycles. The zero-order valence-corrected chi connectivity index (χ0v) is 38.4. The van der Waals surface area contributed by atoms with Gasteiger partial charge in [-0.2, -0.15) is 0 Å². The number of hydrogen-bond acceptors (Lipinski definition) is 6. The Hall–Kier alpha value is -8.62. The Bertz CT molecular complexity index is 3630. The third-order valence-corrected chi connectivity index (χ3v) is 13.4. The van der Waals surface area contributed by atoms with Crippen LogP contribution in [0.2, 0.25) is 0 Å². The highest BCUT2D eigenvalue weighted by atomic mass is 16.4. The third kappa shape index (κ3) is 6.83. The number of aromatic nitrogens is 4. The fraction of sp³-hybridized carbons (Fsp3) is 0.100. The van der Waals surface area contributed by atoms with E-state index in [-0.39, 0.29) is 11.1 Å². The molecule has 0 aliphatic carbocycles. The molecule has 330 valence electrons. The Morgan fingerprint density at radius 1 is 0.397 bits per heavy atom. The van der Waals surface area contributed by atoms with Crippen LogP contribution in [-0.2, 0) is 0 Å². The Morgan fingerprint density at radius 2 is 0.706 bits per heavy atom. The molecule has 2 aliphatic rings. The molecule has 0 spiro atoms. The number of rotatable bonds is 6. The van der Waals surface area contributed by atoms with Crippen molar-refractivity contribution < 1.29 is 19.8 Å². The van der Waals surface area contributed by atoms with Gasteiger partial charge in [0.15, 0.2) is 0 Å². The van der Waals surface area contributed by atoms with E-state index in [1.807, 2.05) is 72.8 Å². The van der Waals surface area contributed by atoms with Crippen molar-refractivity contribution in [1.82, 2.24) is 19.9 Å². The van der Waals surface area contributed by atoms with Gasteiger partial charge in [-0.25, -0.2) is 9.97 Å². The molecule has 2 aliphatic heterocycles. The second-order valence-corrected chi connectivity index (χ2v) is 18.0. The SMILES string of the molecule is Cc1cc(C)c(-c2c3nc(c(-c4c(C)cc(C)cc4C)c4ccc([nH]4)c(-c4cccc5cccc(C(=O)[O-])c45)c4nc(c(-c5cccc6cccc(C(=O)[O-])c56)c5ccc2[nH]5)C=C4)C=C3)c(C)c1. The molecule has 8 nitrogen and oxygen atoms in total. The van der Waals surface area contributed by atoms with Gasteiger partial charge in [0.2, 0.25) is 0 Å². The maximum atomic E-state index is 12.9. The van der Waals surface area contributed by atoms with Gasteiger partial charge in [0.1, 0.15) is 0 Å². The van der Waals surface area contributed by atoms with Gasteiger partial charge in [0.25, 0.3) is 0 Å². The lowest BCUT2D eigenvalue weighted by atomic mass is 9.92. The van der Waals surface area contributed by atoms with Crippen molar-refractivity contribution in [3.63, 3.8) is 0 Å². The summed E-state index contributed by atoms with van der Waals surface area (Å²) in [6.07, 6.45) is 8.06. The van der Waals surface area contributed by atoms with Gasteiger partial charge in [-0.15, -0.1) is 0 Å². The summed E-state index contributed by atoms with van der Waals surface area (Å²) in [5, 5.41) is 28.3. The van der Waals surface area contributed by atoms with E-state index in [0.29, 0.717) is 55.4 Å². The quantitative estimate of drug-likeness (QED) is 0.171. The number of nitrogens with zero attached hydrogens (tertiary/aromatic N) is 2. The zero-order chi connectivity index (χ0) is 47.1. The lowest BCUT2D eigenvalue weighted by Crippen LogP contribution is -2.22. The van der Waals surface area contributed by atoms with Crippen molar-refractivity contribution in [3.05, 3.63) is 189 Å². The molecule has 68 heavy (non-hydrogen) atoms. The fourth-order valence-corrected chi connectivity index (χ4v) is 10.9. The molecular formula is C60H44N4O4-2. The summed E-state index contributed by atoms with van der Waals surface area (Å²) in [5.41, 5.74) is 19.2. The number of carbonyl (C=O) groups excluding carboxylic acids is 2. The summed E-state index contributed by atoms with van der Waals surface area (Å²) in [7, 11) is 0. The molecule has 0 fully saturated rings. The Morgan fingerprint density at radius 3 is 1.04 bits per heavy atom. The lowest BCUT2D eigenvalue weighted by molar-refractivity contribution is -0.255. The number of aryl methyl sites for hydroxylation is 6. The van der Waals surface area contributed by atoms with Gasteiger partial charge < -0.3 is 29.8 Å². The molecular weight excluding hydrogens is 841 g/mol. The maximum Gasteiger partial charge on any atom is 0.0737 e. The Labute approximate surface area is 392 Å². The number of aromatic carboxylic acids is 2. The lowest BCUT2D eigenvalue weighted by Gasteiger charge is -2.15. The molecule has 11 rings (SSSR count). The van der Waals surface area contributed by atoms with Crippen molar-refractivity contribution in [1.29, 1.82) is 0 Å². The highest BCUT2D eigenvalue weighted by Crippen LogP contribution is 2.43. The highest BCUT2D eigenvalue weighted by Gasteiger charge is 2.23. The van der Waals surface area contributed by atoms with Crippen molar-refractivity contribution in [2.75, 3.05) is 0 Å². The molecule has 0 radical (unpaired) electrons. The predicted molar refractivity (Wildman–Crippen MR) is 273 cm³/mol. The molecule has 2 N–H and O–H groups in total. The van der Waals surface area contributed by atoms with E-state index in [2.05, 4.69) is 100 Å². The minimum atomic E-state index is -1.29. The zero-order valence-electron chi connectivity index (χ0n) is 38.4. The summed E-state index contributed by atoms with van der Waals surface area (Å²) in [5.74, 6) is -2.58.